The fraction of sp³-hybridized carbons (Fsp3) is 0.954. The maximum atomic E-state index is 13.2. The predicted octanol–water partition coefficient (Wildman–Crippen LogP) is 26.6. The molecule has 0 aliphatic heterocycles. The molecule has 0 saturated carbocycles. The van der Waals surface area contributed by atoms with Crippen molar-refractivity contribution in [2.75, 3.05) is 39.6 Å². The summed E-state index contributed by atoms with van der Waals surface area (Å²) in [5.74, 6) is -0.463. The molecule has 630 valence electrons. The lowest BCUT2D eigenvalue weighted by Crippen LogP contribution is -2.30. The molecule has 0 amide bonds. The number of unbranched alkanes of at least 4 members (excludes halogenated alkanes) is 54. The van der Waals surface area contributed by atoms with Crippen LogP contribution >= 0.6 is 15.6 Å². The van der Waals surface area contributed by atoms with Gasteiger partial charge in [0, 0.05) is 25.7 Å². The third-order valence-electron chi connectivity index (χ3n) is 21.2. The lowest BCUT2D eigenvalue weighted by Gasteiger charge is -2.21. The Morgan fingerprint density at radius 1 is 0.264 bits per heavy atom. The Morgan fingerprint density at radius 2 is 0.453 bits per heavy atom. The number of hydrogen-bond acceptors (Lipinski definition) is 15. The van der Waals surface area contributed by atoms with Gasteiger partial charge in [0.25, 0.3) is 0 Å². The highest BCUT2D eigenvalue weighted by Gasteiger charge is 2.30. The molecule has 0 aromatic carbocycles. The molecule has 0 fully saturated rings. The Labute approximate surface area is 651 Å². The molecule has 0 radical (unpaired) electrons. The van der Waals surface area contributed by atoms with Gasteiger partial charge in [-0.15, -0.1) is 0 Å². The number of carbonyl (C=O) groups is 4. The summed E-state index contributed by atoms with van der Waals surface area (Å²) in [6.07, 6.45) is 70.9. The molecule has 7 atom stereocenters. The molecule has 0 aliphatic carbocycles. The van der Waals surface area contributed by atoms with E-state index in [-0.39, 0.29) is 25.7 Å². The Bertz CT molecular complexity index is 2030. The first-order chi connectivity index (χ1) is 51.4. The van der Waals surface area contributed by atoms with Gasteiger partial charge in [0.15, 0.2) is 12.2 Å². The minimum atomic E-state index is -4.97. The van der Waals surface area contributed by atoms with Crippen molar-refractivity contribution in [3.8, 4) is 0 Å². The summed E-state index contributed by atoms with van der Waals surface area (Å²) in [6, 6.07) is 0. The summed E-state index contributed by atoms with van der Waals surface area (Å²) in [5, 5.41) is 10.7. The fourth-order valence-corrected chi connectivity index (χ4v) is 15.1. The highest BCUT2D eigenvalue weighted by Crippen LogP contribution is 2.45. The standard InChI is InChI=1S/C87H170O17P2/c1-7-11-13-15-17-19-21-22-23-24-25-26-27-31-34-37-41-45-52-58-64-70-85(90)98-75-82(103-86(91)71-65-59-53-46-42-38-35-32-29-28-30-33-36-40-43-49-55-61-67-79(5)9-3)77-101-105(93,94)99-73-81(88)74-100-106(95,96)102-78-83(76-97-84(89)69-63-57-51-44-39-20-18-16-14-12-8-2)104-87(92)72-66-60-54-48-47-50-56-62-68-80(6)10-4/h79-83,88H,7-78H2,1-6H3,(H,93,94)(H,95,96)/t79?,80?,81-,82-,83-/m1/s1. The third kappa shape index (κ3) is 77.4. The van der Waals surface area contributed by atoms with Gasteiger partial charge in [0.2, 0.25) is 0 Å². The number of phosphoric acid groups is 2. The second-order valence-electron chi connectivity index (χ2n) is 31.8. The van der Waals surface area contributed by atoms with E-state index in [1.54, 1.807) is 0 Å². The quantitative estimate of drug-likeness (QED) is 0.0222. The monoisotopic (exact) mass is 1550 g/mol. The zero-order valence-corrected chi connectivity index (χ0v) is 71.5. The number of esters is 4. The van der Waals surface area contributed by atoms with Crippen LogP contribution in [0.25, 0.3) is 0 Å². The Kier molecular flexibility index (Phi) is 76.9. The van der Waals surface area contributed by atoms with Crippen molar-refractivity contribution in [3.63, 3.8) is 0 Å². The van der Waals surface area contributed by atoms with Crippen LogP contribution in [-0.4, -0.2) is 96.7 Å². The van der Waals surface area contributed by atoms with Crippen molar-refractivity contribution in [1.29, 1.82) is 0 Å². The van der Waals surface area contributed by atoms with Crippen LogP contribution in [0.5, 0.6) is 0 Å². The van der Waals surface area contributed by atoms with Crippen LogP contribution in [0.3, 0.4) is 0 Å². The average molecular weight is 1550 g/mol. The summed E-state index contributed by atoms with van der Waals surface area (Å²) in [6.45, 7) is 9.73. The van der Waals surface area contributed by atoms with Crippen LogP contribution in [0.2, 0.25) is 0 Å². The first kappa shape index (κ1) is 104. The van der Waals surface area contributed by atoms with E-state index in [0.29, 0.717) is 25.7 Å². The predicted molar refractivity (Wildman–Crippen MR) is 437 cm³/mol. The number of rotatable bonds is 86. The molecule has 0 aromatic rings. The molecule has 0 aromatic heterocycles. The van der Waals surface area contributed by atoms with Gasteiger partial charge >= 0.3 is 39.5 Å². The van der Waals surface area contributed by atoms with E-state index in [4.69, 9.17) is 37.0 Å². The van der Waals surface area contributed by atoms with Crippen molar-refractivity contribution in [2.24, 2.45) is 11.8 Å². The lowest BCUT2D eigenvalue weighted by molar-refractivity contribution is -0.161. The number of aliphatic hydroxyl groups excluding tert-OH is 1. The van der Waals surface area contributed by atoms with Crippen molar-refractivity contribution in [1.82, 2.24) is 0 Å². The van der Waals surface area contributed by atoms with Gasteiger partial charge < -0.3 is 33.8 Å². The zero-order chi connectivity index (χ0) is 77.8. The third-order valence-corrected chi connectivity index (χ3v) is 23.1. The van der Waals surface area contributed by atoms with Crippen LogP contribution in [0.1, 0.15) is 465 Å². The average Bonchev–Trinajstić information content (AvgIpc) is 0.900. The van der Waals surface area contributed by atoms with Gasteiger partial charge in [0.05, 0.1) is 26.4 Å². The largest absolute Gasteiger partial charge is 0.472 e. The van der Waals surface area contributed by atoms with Gasteiger partial charge in [-0.3, -0.25) is 37.3 Å². The van der Waals surface area contributed by atoms with Crippen LogP contribution in [-0.2, 0) is 65.4 Å². The maximum absolute atomic E-state index is 13.2. The van der Waals surface area contributed by atoms with E-state index in [0.717, 1.165) is 102 Å². The molecule has 19 heteroatoms. The number of carbonyl (C=O) groups excluding carboxylic acids is 4. The molecule has 106 heavy (non-hydrogen) atoms. The summed E-state index contributed by atoms with van der Waals surface area (Å²) in [7, 11) is -9.93. The number of phosphoric ester groups is 2. The number of ether oxygens (including phenoxy) is 4. The van der Waals surface area contributed by atoms with Crippen LogP contribution in [0.15, 0.2) is 0 Å². The summed E-state index contributed by atoms with van der Waals surface area (Å²) in [4.78, 5) is 73.2. The minimum Gasteiger partial charge on any atom is -0.462 e. The van der Waals surface area contributed by atoms with Gasteiger partial charge in [-0.05, 0) is 37.5 Å². The van der Waals surface area contributed by atoms with Gasteiger partial charge in [-0.1, -0.05) is 414 Å². The summed E-state index contributed by atoms with van der Waals surface area (Å²) >= 11 is 0. The summed E-state index contributed by atoms with van der Waals surface area (Å²) < 4.78 is 68.9. The van der Waals surface area contributed by atoms with Crippen molar-refractivity contribution >= 4 is 39.5 Å². The highest BCUT2D eigenvalue weighted by molar-refractivity contribution is 7.47. The first-order valence-electron chi connectivity index (χ1n) is 45.1. The Balaban J connectivity index is 5.21. The lowest BCUT2D eigenvalue weighted by atomic mass is 9.99. The molecular formula is C87H170O17P2. The molecule has 17 nitrogen and oxygen atoms in total. The molecule has 0 bridgehead atoms. The normalized spacial score (nSPS) is 14.3. The van der Waals surface area contributed by atoms with Crippen LogP contribution < -0.4 is 0 Å². The Morgan fingerprint density at radius 3 is 0.670 bits per heavy atom. The first-order valence-corrected chi connectivity index (χ1v) is 48.1. The topological polar surface area (TPSA) is 237 Å². The highest BCUT2D eigenvalue weighted by atomic mass is 31.2. The van der Waals surface area contributed by atoms with Crippen molar-refractivity contribution in [2.45, 2.75) is 484 Å². The Hall–Kier alpha value is -1.94. The maximum Gasteiger partial charge on any atom is 0.472 e. The molecule has 4 unspecified atom stereocenters. The van der Waals surface area contributed by atoms with E-state index < -0.39 is 97.5 Å². The minimum absolute atomic E-state index is 0.106. The second kappa shape index (κ2) is 78.3. The number of hydrogen-bond donors (Lipinski definition) is 3. The fourth-order valence-electron chi connectivity index (χ4n) is 13.5. The van der Waals surface area contributed by atoms with E-state index in [1.807, 2.05) is 0 Å². The van der Waals surface area contributed by atoms with Crippen molar-refractivity contribution in [3.05, 3.63) is 0 Å². The second-order valence-corrected chi connectivity index (χ2v) is 34.7. The van der Waals surface area contributed by atoms with Gasteiger partial charge in [-0.2, -0.15) is 0 Å². The van der Waals surface area contributed by atoms with E-state index in [9.17, 15) is 43.2 Å². The van der Waals surface area contributed by atoms with Crippen LogP contribution in [0, 0.1) is 11.8 Å². The van der Waals surface area contributed by atoms with E-state index in [1.165, 1.54) is 283 Å². The number of aliphatic hydroxyl groups is 1. The molecule has 0 heterocycles. The zero-order valence-electron chi connectivity index (χ0n) is 69.7. The molecule has 0 spiro atoms. The van der Waals surface area contributed by atoms with Gasteiger partial charge in [0.1, 0.15) is 19.3 Å². The van der Waals surface area contributed by atoms with Gasteiger partial charge in [-0.25, -0.2) is 9.13 Å². The summed E-state index contributed by atoms with van der Waals surface area (Å²) in [5.41, 5.74) is 0. The van der Waals surface area contributed by atoms with Crippen molar-refractivity contribution < 1.29 is 80.2 Å². The molecule has 0 saturated heterocycles. The van der Waals surface area contributed by atoms with E-state index in [2.05, 4.69) is 41.5 Å². The molecule has 3 N–H and O–H groups in total. The smallest absolute Gasteiger partial charge is 0.462 e. The molecule has 0 aliphatic rings. The molecular weight excluding hydrogens is 1380 g/mol. The van der Waals surface area contributed by atoms with Crippen LogP contribution in [0.4, 0.5) is 0 Å². The van der Waals surface area contributed by atoms with E-state index >= 15 is 0 Å². The molecule has 0 rings (SSSR count). The SMILES string of the molecule is CCCCCCCCCCCCCCCCCCCCCCCC(=O)OC[C@H](COP(=O)(O)OC[C@@H](O)COP(=O)(O)OC[C@@H](COC(=O)CCCCCCCCCCCCC)OC(=O)CCCCCCCCCCC(C)CC)OC(=O)CCCCCCCCCCCCCCCCCCCCC(C)CC.